The number of fused-ring (bicyclic) bond motifs is 1. The average molecular weight is 406 g/mol. The van der Waals surface area contributed by atoms with Crippen LogP contribution in [0.3, 0.4) is 0 Å². The highest BCUT2D eigenvalue weighted by molar-refractivity contribution is 5.99. The Hall–Kier alpha value is -3.12. The van der Waals surface area contributed by atoms with Gasteiger partial charge in [-0.25, -0.2) is 0 Å². The van der Waals surface area contributed by atoms with Crippen molar-refractivity contribution >= 4 is 22.8 Å². The number of β-amino-alcohol motifs (C(OH)–C–C–N with tert-alkyl or cyclic N) is 1. The molecule has 1 aliphatic heterocycles. The van der Waals surface area contributed by atoms with E-state index in [9.17, 15) is 19.8 Å². The van der Waals surface area contributed by atoms with Crippen molar-refractivity contribution in [2.24, 2.45) is 5.41 Å². The molecule has 1 fully saturated rings. The Labute approximate surface area is 175 Å². The Morgan fingerprint density at radius 2 is 1.90 bits per heavy atom. The minimum absolute atomic E-state index is 0.00114. The summed E-state index contributed by atoms with van der Waals surface area (Å²) in [7, 11) is 0. The molecule has 2 aromatic carbocycles. The van der Waals surface area contributed by atoms with Gasteiger partial charge in [-0.1, -0.05) is 30.3 Å². The number of carboxylic acid groups (broad SMARTS) is 1. The minimum atomic E-state index is -1.30. The summed E-state index contributed by atoms with van der Waals surface area (Å²) in [5.41, 5.74) is 3.26. The number of likely N-dealkylation sites (tertiary alicyclic amines) is 1. The summed E-state index contributed by atoms with van der Waals surface area (Å²) < 4.78 is 0. The second-order valence-electron chi connectivity index (χ2n) is 8.28. The van der Waals surface area contributed by atoms with Gasteiger partial charge in [-0.2, -0.15) is 0 Å². The van der Waals surface area contributed by atoms with Crippen LogP contribution in [-0.2, 0) is 11.2 Å². The molecular formula is C24H26N2O4. The molecule has 6 nitrogen and oxygen atoms in total. The summed E-state index contributed by atoms with van der Waals surface area (Å²) in [5.74, 6) is -1.21. The maximum Gasteiger partial charge on any atom is 0.312 e. The summed E-state index contributed by atoms with van der Waals surface area (Å²) in [6, 6.07) is 14.9. The number of rotatable bonds is 4. The highest BCUT2D eigenvalue weighted by Crippen LogP contribution is 2.36. The first-order valence-electron chi connectivity index (χ1n) is 10.2. The van der Waals surface area contributed by atoms with E-state index in [4.69, 9.17) is 0 Å². The highest BCUT2D eigenvalue weighted by atomic mass is 16.4. The lowest BCUT2D eigenvalue weighted by atomic mass is 9.71. The topological polar surface area (TPSA) is 93.6 Å². The number of benzene rings is 2. The molecule has 3 aromatic rings. The summed E-state index contributed by atoms with van der Waals surface area (Å²) in [6.45, 7) is 4.30. The average Bonchev–Trinajstić information content (AvgIpc) is 3.03. The molecule has 1 saturated heterocycles. The van der Waals surface area contributed by atoms with Crippen LogP contribution >= 0.6 is 0 Å². The van der Waals surface area contributed by atoms with E-state index in [0.29, 0.717) is 5.56 Å². The maximum absolute atomic E-state index is 13.1. The number of carboxylic acids is 1. The molecule has 3 N–H and O–H groups in total. The molecule has 4 rings (SSSR count). The third-order valence-corrected chi connectivity index (χ3v) is 6.49. The molecule has 0 spiro atoms. The van der Waals surface area contributed by atoms with Crippen molar-refractivity contribution in [3.63, 3.8) is 0 Å². The van der Waals surface area contributed by atoms with Crippen LogP contribution in [0.15, 0.2) is 48.5 Å². The van der Waals surface area contributed by atoms with Gasteiger partial charge in [0.05, 0.1) is 6.10 Å². The molecule has 1 aliphatic rings. The fourth-order valence-electron chi connectivity index (χ4n) is 4.43. The summed E-state index contributed by atoms with van der Waals surface area (Å²) >= 11 is 0. The first-order valence-corrected chi connectivity index (χ1v) is 10.2. The number of amides is 1. The van der Waals surface area contributed by atoms with Gasteiger partial charge >= 0.3 is 5.97 Å². The standard InChI is InChI=1S/C24H26N2O4/c1-15-16(2)25-20-9-8-18(12-19(15)20)22(28)26-11-10-24(23(29)30,21(27)14-26)13-17-6-4-3-5-7-17/h3-9,12,21,25,27H,10-11,13-14H2,1-2H3,(H,29,30)/t21-,24+/m0/s1. The van der Waals surface area contributed by atoms with Crippen LogP contribution in [0.2, 0.25) is 0 Å². The van der Waals surface area contributed by atoms with Crippen LogP contribution in [-0.4, -0.2) is 51.2 Å². The zero-order valence-electron chi connectivity index (χ0n) is 17.2. The van der Waals surface area contributed by atoms with Gasteiger partial charge in [-0.15, -0.1) is 0 Å². The number of carbonyl (C=O) groups excluding carboxylic acids is 1. The van der Waals surface area contributed by atoms with Crippen LogP contribution < -0.4 is 0 Å². The largest absolute Gasteiger partial charge is 0.481 e. The predicted molar refractivity (Wildman–Crippen MR) is 115 cm³/mol. The second-order valence-corrected chi connectivity index (χ2v) is 8.28. The molecule has 1 amide bonds. The molecule has 2 heterocycles. The monoisotopic (exact) mass is 406 g/mol. The van der Waals surface area contributed by atoms with E-state index >= 15 is 0 Å². The normalized spacial score (nSPS) is 21.7. The first kappa shape index (κ1) is 20.2. The zero-order valence-corrected chi connectivity index (χ0v) is 17.2. The number of hydrogen-bond donors (Lipinski definition) is 3. The maximum atomic E-state index is 13.1. The van der Waals surface area contributed by atoms with Crippen molar-refractivity contribution < 1.29 is 19.8 Å². The number of aromatic nitrogens is 1. The van der Waals surface area contributed by atoms with E-state index in [1.165, 1.54) is 0 Å². The summed E-state index contributed by atoms with van der Waals surface area (Å²) in [6.07, 6.45) is -0.706. The van der Waals surface area contributed by atoms with Gasteiger partial charge in [-0.05, 0) is 56.0 Å². The third kappa shape index (κ3) is 3.37. The van der Waals surface area contributed by atoms with E-state index in [2.05, 4.69) is 4.98 Å². The number of H-pyrrole nitrogens is 1. The number of aliphatic carboxylic acids is 1. The van der Waals surface area contributed by atoms with Crippen molar-refractivity contribution in [1.82, 2.24) is 9.88 Å². The number of aromatic amines is 1. The Balaban J connectivity index is 1.56. The van der Waals surface area contributed by atoms with Gasteiger partial charge in [-0.3, -0.25) is 9.59 Å². The molecule has 1 aromatic heterocycles. The molecule has 2 atom stereocenters. The van der Waals surface area contributed by atoms with Gasteiger partial charge in [0, 0.05) is 35.2 Å². The van der Waals surface area contributed by atoms with E-state index in [1.807, 2.05) is 56.3 Å². The Bertz CT molecular complexity index is 1110. The van der Waals surface area contributed by atoms with E-state index in [1.54, 1.807) is 11.0 Å². The lowest BCUT2D eigenvalue weighted by molar-refractivity contribution is -0.161. The summed E-state index contributed by atoms with van der Waals surface area (Å²) in [5, 5.41) is 21.8. The van der Waals surface area contributed by atoms with Gasteiger partial charge in [0.15, 0.2) is 0 Å². The van der Waals surface area contributed by atoms with Crippen molar-refractivity contribution in [3.05, 3.63) is 70.9 Å². The molecule has 0 aliphatic carbocycles. The van der Waals surface area contributed by atoms with E-state index in [0.717, 1.165) is 27.7 Å². The number of nitrogens with one attached hydrogen (secondary N) is 1. The minimum Gasteiger partial charge on any atom is -0.481 e. The smallest absolute Gasteiger partial charge is 0.312 e. The molecule has 6 heteroatoms. The van der Waals surface area contributed by atoms with Crippen LogP contribution in [0.25, 0.3) is 10.9 Å². The number of hydrogen-bond acceptors (Lipinski definition) is 3. The van der Waals surface area contributed by atoms with Gasteiger partial charge in [0.1, 0.15) is 5.41 Å². The van der Waals surface area contributed by atoms with Crippen LogP contribution in [0, 0.1) is 19.3 Å². The van der Waals surface area contributed by atoms with Gasteiger partial charge < -0.3 is 20.1 Å². The molecular weight excluding hydrogens is 380 g/mol. The number of aliphatic hydroxyl groups excluding tert-OH is 1. The molecule has 0 bridgehead atoms. The van der Waals surface area contributed by atoms with Crippen LogP contribution in [0.1, 0.15) is 33.6 Å². The quantitative estimate of drug-likeness (QED) is 0.620. The number of nitrogens with zero attached hydrogens (tertiary/aromatic N) is 1. The van der Waals surface area contributed by atoms with Crippen LogP contribution in [0.4, 0.5) is 0 Å². The third-order valence-electron chi connectivity index (χ3n) is 6.49. The molecule has 0 radical (unpaired) electrons. The van der Waals surface area contributed by atoms with Crippen molar-refractivity contribution in [3.8, 4) is 0 Å². The summed E-state index contributed by atoms with van der Waals surface area (Å²) in [4.78, 5) is 30.1. The lowest BCUT2D eigenvalue weighted by Gasteiger charge is -2.43. The highest BCUT2D eigenvalue weighted by Gasteiger charge is 2.49. The fraction of sp³-hybridized carbons (Fsp3) is 0.333. The first-order chi connectivity index (χ1) is 14.3. The van der Waals surface area contributed by atoms with E-state index < -0.39 is 17.5 Å². The molecule has 156 valence electrons. The van der Waals surface area contributed by atoms with Crippen molar-refractivity contribution in [2.75, 3.05) is 13.1 Å². The molecule has 30 heavy (non-hydrogen) atoms. The van der Waals surface area contributed by atoms with Crippen molar-refractivity contribution in [2.45, 2.75) is 32.8 Å². The lowest BCUT2D eigenvalue weighted by Crippen LogP contribution is -2.57. The van der Waals surface area contributed by atoms with Crippen LogP contribution in [0.5, 0.6) is 0 Å². The Morgan fingerprint density at radius 3 is 2.57 bits per heavy atom. The fourth-order valence-corrected chi connectivity index (χ4v) is 4.43. The second kappa shape index (κ2) is 7.61. The number of piperidine rings is 1. The van der Waals surface area contributed by atoms with Gasteiger partial charge in [0.25, 0.3) is 5.91 Å². The molecule has 0 saturated carbocycles. The van der Waals surface area contributed by atoms with E-state index in [-0.39, 0.29) is 31.8 Å². The number of aliphatic hydroxyl groups is 1. The predicted octanol–water partition coefficient (Wildman–Crippen LogP) is 3.31. The Kier molecular flexibility index (Phi) is 5.12. The Morgan fingerprint density at radius 1 is 1.17 bits per heavy atom. The SMILES string of the molecule is Cc1[nH]c2ccc(C(=O)N3CC[C@](Cc4ccccc4)(C(=O)O)[C@@H](O)C3)cc2c1C. The van der Waals surface area contributed by atoms with Gasteiger partial charge in [0.2, 0.25) is 0 Å². The number of aryl methyl sites for hydroxylation is 2. The number of carbonyl (C=O) groups is 2. The molecule has 0 unspecified atom stereocenters. The zero-order chi connectivity index (χ0) is 21.5. The van der Waals surface area contributed by atoms with Crippen molar-refractivity contribution in [1.29, 1.82) is 0 Å².